The molecule has 0 spiro atoms. The molecule has 2 aliphatic rings. The summed E-state index contributed by atoms with van der Waals surface area (Å²) in [5.74, 6) is 1.53. The summed E-state index contributed by atoms with van der Waals surface area (Å²) >= 11 is 0. The van der Waals surface area contributed by atoms with Gasteiger partial charge in [0.15, 0.2) is 0 Å². The number of nitrogens with zero attached hydrogens (tertiary/aromatic N) is 3. The number of anilines is 1. The van der Waals surface area contributed by atoms with Gasteiger partial charge in [-0.25, -0.2) is 0 Å². The van der Waals surface area contributed by atoms with E-state index >= 15 is 0 Å². The molecule has 18 heavy (non-hydrogen) atoms. The Morgan fingerprint density at radius 1 is 1.22 bits per heavy atom. The van der Waals surface area contributed by atoms with Gasteiger partial charge in [-0.1, -0.05) is 17.9 Å². The molecule has 2 heterocycles. The molecule has 0 unspecified atom stereocenters. The molecule has 0 bridgehead atoms. The molecule has 1 saturated heterocycles. The summed E-state index contributed by atoms with van der Waals surface area (Å²) < 4.78 is 5.75. The van der Waals surface area contributed by atoms with Gasteiger partial charge in [0.1, 0.15) is 0 Å². The maximum absolute atomic E-state index is 5.75. The number of piperidine rings is 1. The van der Waals surface area contributed by atoms with Crippen LogP contribution in [-0.2, 0) is 6.54 Å². The van der Waals surface area contributed by atoms with Gasteiger partial charge in [-0.05, 0) is 38.6 Å². The number of fused-ring (bicyclic) bond motifs is 1. The minimum atomic E-state index is 0.635. The molecule has 1 saturated carbocycles. The van der Waals surface area contributed by atoms with Gasteiger partial charge in [-0.2, -0.15) is 0 Å². The molecule has 1 aliphatic heterocycles. The van der Waals surface area contributed by atoms with Gasteiger partial charge in [0.05, 0.1) is 6.54 Å². The highest BCUT2D eigenvalue weighted by Crippen LogP contribution is 2.37. The Labute approximate surface area is 108 Å². The van der Waals surface area contributed by atoms with Gasteiger partial charge in [0.25, 0.3) is 0 Å². The monoisotopic (exact) mass is 250 g/mol. The van der Waals surface area contributed by atoms with Crippen molar-refractivity contribution in [3.8, 4) is 0 Å². The lowest BCUT2D eigenvalue weighted by Gasteiger charge is -2.43. The molecule has 3 rings (SSSR count). The van der Waals surface area contributed by atoms with E-state index in [-0.39, 0.29) is 0 Å². The van der Waals surface area contributed by atoms with Crippen LogP contribution in [0.3, 0.4) is 0 Å². The first-order valence-corrected chi connectivity index (χ1v) is 7.12. The zero-order valence-corrected chi connectivity index (χ0v) is 11.1. The zero-order valence-electron chi connectivity index (χ0n) is 11.1. The van der Waals surface area contributed by atoms with Crippen LogP contribution in [0.15, 0.2) is 4.42 Å². The molecule has 2 atom stereocenters. The van der Waals surface area contributed by atoms with Crippen molar-refractivity contribution in [3.63, 3.8) is 0 Å². The first-order valence-electron chi connectivity index (χ1n) is 7.12. The summed E-state index contributed by atoms with van der Waals surface area (Å²) in [5.41, 5.74) is 0. The lowest BCUT2D eigenvalue weighted by molar-refractivity contribution is 0.234. The van der Waals surface area contributed by atoms with Crippen LogP contribution < -0.4 is 10.2 Å². The average molecular weight is 250 g/mol. The first-order chi connectivity index (χ1) is 8.88. The Kier molecular flexibility index (Phi) is 3.50. The Bertz CT molecular complexity index is 390. The quantitative estimate of drug-likeness (QED) is 0.888. The average Bonchev–Trinajstić information content (AvgIpc) is 2.87. The minimum absolute atomic E-state index is 0.635. The molecule has 5 nitrogen and oxygen atoms in total. The number of hydrogen-bond acceptors (Lipinski definition) is 5. The third kappa shape index (κ3) is 2.23. The molecule has 0 aromatic carbocycles. The first kappa shape index (κ1) is 12.0. The van der Waals surface area contributed by atoms with Crippen molar-refractivity contribution in [1.82, 2.24) is 15.5 Å². The molecule has 5 heteroatoms. The van der Waals surface area contributed by atoms with Crippen LogP contribution in [0, 0.1) is 5.92 Å². The van der Waals surface area contributed by atoms with Crippen LogP contribution in [0.1, 0.15) is 44.4 Å². The number of aromatic nitrogens is 2. The van der Waals surface area contributed by atoms with Crippen molar-refractivity contribution >= 4 is 6.01 Å². The topological polar surface area (TPSA) is 54.2 Å². The Hall–Kier alpha value is -1.10. The predicted octanol–water partition coefficient (Wildman–Crippen LogP) is 1.95. The smallest absolute Gasteiger partial charge is 0.318 e. The maximum Gasteiger partial charge on any atom is 0.318 e. The normalized spacial score (nSPS) is 28.2. The lowest BCUT2D eigenvalue weighted by Crippen LogP contribution is -2.47. The highest BCUT2D eigenvalue weighted by atomic mass is 16.4. The van der Waals surface area contributed by atoms with E-state index in [1.54, 1.807) is 0 Å². The second-order valence-corrected chi connectivity index (χ2v) is 5.46. The Balaban J connectivity index is 1.76. The van der Waals surface area contributed by atoms with Crippen LogP contribution in [0.5, 0.6) is 0 Å². The van der Waals surface area contributed by atoms with Gasteiger partial charge in [0.2, 0.25) is 5.89 Å². The third-order valence-electron chi connectivity index (χ3n) is 4.27. The molecule has 0 radical (unpaired) electrons. The van der Waals surface area contributed by atoms with E-state index in [2.05, 4.69) is 20.4 Å². The van der Waals surface area contributed by atoms with E-state index in [4.69, 9.17) is 4.42 Å². The van der Waals surface area contributed by atoms with E-state index in [0.717, 1.165) is 18.5 Å². The molecule has 0 amide bonds. The van der Waals surface area contributed by atoms with Gasteiger partial charge in [-0.3, -0.25) is 0 Å². The molecule has 100 valence electrons. The van der Waals surface area contributed by atoms with E-state index in [1.807, 2.05) is 7.05 Å². The molecule has 1 aromatic heterocycles. The molecule has 2 fully saturated rings. The fourth-order valence-electron chi connectivity index (χ4n) is 3.45. The zero-order chi connectivity index (χ0) is 12.4. The second-order valence-electron chi connectivity index (χ2n) is 5.46. The summed E-state index contributed by atoms with van der Waals surface area (Å²) in [6.45, 7) is 1.72. The van der Waals surface area contributed by atoms with Gasteiger partial charge in [-0.15, -0.1) is 5.10 Å². The number of nitrogens with one attached hydrogen (secondary N) is 1. The summed E-state index contributed by atoms with van der Waals surface area (Å²) in [6, 6.07) is 1.37. The van der Waals surface area contributed by atoms with Crippen molar-refractivity contribution in [2.45, 2.75) is 51.1 Å². The van der Waals surface area contributed by atoms with Crippen molar-refractivity contribution in [2.75, 3.05) is 18.5 Å². The van der Waals surface area contributed by atoms with Gasteiger partial charge < -0.3 is 14.6 Å². The summed E-state index contributed by atoms with van der Waals surface area (Å²) in [4.78, 5) is 2.36. The summed E-state index contributed by atoms with van der Waals surface area (Å²) in [6.07, 6.45) is 8.02. The Morgan fingerprint density at radius 2 is 2.06 bits per heavy atom. The van der Waals surface area contributed by atoms with E-state index < -0.39 is 0 Å². The molecular weight excluding hydrogens is 228 g/mol. The Morgan fingerprint density at radius 3 is 2.94 bits per heavy atom. The van der Waals surface area contributed by atoms with Crippen LogP contribution >= 0.6 is 0 Å². The van der Waals surface area contributed by atoms with Gasteiger partial charge >= 0.3 is 6.01 Å². The minimum Gasteiger partial charge on any atom is -0.407 e. The number of hydrogen-bond donors (Lipinski definition) is 1. The van der Waals surface area contributed by atoms with Crippen molar-refractivity contribution in [1.29, 1.82) is 0 Å². The molecule has 1 N–H and O–H groups in total. The fourth-order valence-corrected chi connectivity index (χ4v) is 3.45. The molecule has 1 aromatic rings. The highest BCUT2D eigenvalue weighted by Gasteiger charge is 2.35. The standard InChI is InChI=1S/C13H22N4O/c1-14-9-12-15-16-13(18-12)17-8-4-6-10-5-2-3-7-11(10)17/h10-11,14H,2-9H2,1H3/t10-,11-/m1/s1. The maximum atomic E-state index is 5.75. The summed E-state index contributed by atoms with van der Waals surface area (Å²) in [5, 5.41) is 11.4. The van der Waals surface area contributed by atoms with E-state index in [0.29, 0.717) is 18.5 Å². The molecule has 1 aliphatic carbocycles. The SMILES string of the molecule is CNCc1nnc(N2CCC[C@H]3CCCC[C@H]32)o1. The van der Waals surface area contributed by atoms with Crippen LogP contribution in [0.4, 0.5) is 6.01 Å². The van der Waals surface area contributed by atoms with Crippen molar-refractivity contribution < 1.29 is 4.42 Å². The van der Waals surface area contributed by atoms with Crippen molar-refractivity contribution in [3.05, 3.63) is 5.89 Å². The van der Waals surface area contributed by atoms with Crippen LogP contribution in [0.25, 0.3) is 0 Å². The van der Waals surface area contributed by atoms with E-state index in [9.17, 15) is 0 Å². The number of rotatable bonds is 3. The lowest BCUT2D eigenvalue weighted by atomic mass is 9.78. The van der Waals surface area contributed by atoms with E-state index in [1.165, 1.54) is 38.5 Å². The summed E-state index contributed by atoms with van der Waals surface area (Å²) in [7, 11) is 1.89. The fraction of sp³-hybridized carbons (Fsp3) is 0.846. The predicted molar refractivity (Wildman–Crippen MR) is 69.4 cm³/mol. The molecular formula is C13H22N4O. The van der Waals surface area contributed by atoms with Crippen LogP contribution in [-0.4, -0.2) is 29.8 Å². The van der Waals surface area contributed by atoms with Gasteiger partial charge in [0, 0.05) is 12.6 Å². The second kappa shape index (κ2) is 5.26. The third-order valence-corrected chi connectivity index (χ3v) is 4.27. The van der Waals surface area contributed by atoms with Crippen molar-refractivity contribution in [2.24, 2.45) is 5.92 Å². The largest absolute Gasteiger partial charge is 0.407 e. The highest BCUT2D eigenvalue weighted by molar-refractivity contribution is 5.28. The van der Waals surface area contributed by atoms with Crippen LogP contribution in [0.2, 0.25) is 0 Å².